The number of alkyl halides is 3. The van der Waals surface area contributed by atoms with Crippen LogP contribution in [0.5, 0.6) is 0 Å². The van der Waals surface area contributed by atoms with E-state index in [2.05, 4.69) is 15.5 Å². The summed E-state index contributed by atoms with van der Waals surface area (Å²) in [4.78, 5) is 14.1. The number of morpholine rings is 1. The molecule has 1 amide bonds. The van der Waals surface area contributed by atoms with Crippen LogP contribution < -0.4 is 10.6 Å². The summed E-state index contributed by atoms with van der Waals surface area (Å²) in [7, 11) is 0. The van der Waals surface area contributed by atoms with Gasteiger partial charge in [0.05, 0.1) is 24.5 Å². The van der Waals surface area contributed by atoms with Gasteiger partial charge in [-0.3, -0.25) is 9.69 Å². The maximum Gasteiger partial charge on any atom is 0.418 e. The van der Waals surface area contributed by atoms with Gasteiger partial charge in [-0.05, 0) is 18.2 Å². The number of nitrogens with one attached hydrogen (secondary N) is 2. The molecule has 0 aliphatic carbocycles. The third-order valence-electron chi connectivity index (χ3n) is 3.84. The van der Waals surface area contributed by atoms with Gasteiger partial charge in [-0.25, -0.2) is 0 Å². The highest BCUT2D eigenvalue weighted by Gasteiger charge is 2.33. The minimum absolute atomic E-state index is 0.0711. The summed E-state index contributed by atoms with van der Waals surface area (Å²) < 4.78 is 44.4. The second-order valence-corrected chi connectivity index (χ2v) is 6.15. The molecule has 1 heterocycles. The van der Waals surface area contributed by atoms with Crippen molar-refractivity contribution < 1.29 is 22.7 Å². The predicted molar refractivity (Wildman–Crippen MR) is 94.0 cm³/mol. The van der Waals surface area contributed by atoms with Crippen molar-refractivity contribution in [2.75, 3.05) is 44.7 Å². The van der Waals surface area contributed by atoms with Crippen LogP contribution in [0.2, 0.25) is 5.02 Å². The molecule has 6 nitrogen and oxygen atoms in total. The zero-order valence-corrected chi connectivity index (χ0v) is 15.0. The lowest BCUT2D eigenvalue weighted by Gasteiger charge is -2.26. The summed E-state index contributed by atoms with van der Waals surface area (Å²) in [6, 6.07) is 4.86. The largest absolute Gasteiger partial charge is 0.418 e. The van der Waals surface area contributed by atoms with Crippen molar-refractivity contribution >= 4 is 23.2 Å². The molecule has 27 heavy (non-hydrogen) atoms. The SMILES string of the molecule is N#C/C(=C/Nc1ccc(Cl)cc1C(F)(F)F)C(=O)NCCN1CCOCC1. The second kappa shape index (κ2) is 9.60. The molecule has 1 fully saturated rings. The molecule has 1 aromatic carbocycles. The van der Waals surface area contributed by atoms with Gasteiger partial charge in [0.2, 0.25) is 0 Å². The van der Waals surface area contributed by atoms with Crippen LogP contribution in [-0.4, -0.2) is 50.2 Å². The highest BCUT2D eigenvalue weighted by atomic mass is 35.5. The van der Waals surface area contributed by atoms with Crippen LogP contribution in [0.1, 0.15) is 5.56 Å². The van der Waals surface area contributed by atoms with Gasteiger partial charge >= 0.3 is 6.18 Å². The molecular weight excluding hydrogens is 385 g/mol. The lowest BCUT2D eigenvalue weighted by molar-refractivity contribution is -0.136. The number of hydrogen-bond donors (Lipinski definition) is 2. The zero-order chi connectivity index (χ0) is 19.9. The van der Waals surface area contributed by atoms with Crippen molar-refractivity contribution in [3.05, 3.63) is 40.6 Å². The number of carbonyl (C=O) groups excluding carboxylic acids is 1. The van der Waals surface area contributed by atoms with Gasteiger partial charge in [0.1, 0.15) is 11.6 Å². The van der Waals surface area contributed by atoms with Crippen molar-refractivity contribution in [1.82, 2.24) is 10.2 Å². The van der Waals surface area contributed by atoms with Gasteiger partial charge in [-0.2, -0.15) is 18.4 Å². The Morgan fingerprint density at radius 1 is 1.37 bits per heavy atom. The molecule has 10 heteroatoms. The summed E-state index contributed by atoms with van der Waals surface area (Å²) in [5.41, 5.74) is -1.63. The molecule has 2 N–H and O–H groups in total. The summed E-state index contributed by atoms with van der Waals surface area (Å²) >= 11 is 5.61. The molecule has 0 unspecified atom stereocenters. The van der Waals surface area contributed by atoms with E-state index < -0.39 is 17.6 Å². The van der Waals surface area contributed by atoms with Crippen molar-refractivity contribution in [3.63, 3.8) is 0 Å². The van der Waals surface area contributed by atoms with Crippen molar-refractivity contribution in [3.8, 4) is 6.07 Å². The fourth-order valence-corrected chi connectivity index (χ4v) is 2.60. The van der Waals surface area contributed by atoms with E-state index in [4.69, 9.17) is 21.6 Å². The molecule has 1 saturated heterocycles. The topological polar surface area (TPSA) is 77.4 Å². The van der Waals surface area contributed by atoms with Crippen molar-refractivity contribution in [1.29, 1.82) is 5.26 Å². The molecule has 0 bridgehead atoms. The average Bonchev–Trinajstić information content (AvgIpc) is 2.63. The number of benzene rings is 1. The minimum Gasteiger partial charge on any atom is -0.379 e. The Hall–Kier alpha value is -2.28. The van der Waals surface area contributed by atoms with E-state index in [1.54, 1.807) is 6.07 Å². The van der Waals surface area contributed by atoms with Gasteiger partial charge in [0.25, 0.3) is 5.91 Å². The Balaban J connectivity index is 1.97. The fourth-order valence-electron chi connectivity index (χ4n) is 2.42. The normalized spacial score (nSPS) is 15.9. The first kappa shape index (κ1) is 21.0. The van der Waals surface area contributed by atoms with E-state index in [9.17, 15) is 18.0 Å². The molecule has 0 radical (unpaired) electrons. The first-order chi connectivity index (χ1) is 12.8. The van der Waals surface area contributed by atoms with Crippen molar-refractivity contribution in [2.45, 2.75) is 6.18 Å². The standard InChI is InChI=1S/C17H18ClF3N4O2/c18-13-1-2-15(14(9-13)17(19,20)21)24-11-12(10-22)16(26)23-3-4-25-5-7-27-8-6-25/h1-2,9,11,24H,3-8H2,(H,23,26)/b12-11-. The van der Waals surface area contributed by atoms with Crippen LogP contribution in [0.3, 0.4) is 0 Å². The zero-order valence-electron chi connectivity index (χ0n) is 14.3. The highest BCUT2D eigenvalue weighted by molar-refractivity contribution is 6.30. The molecule has 0 aromatic heterocycles. The van der Waals surface area contributed by atoms with E-state index >= 15 is 0 Å². The summed E-state index contributed by atoms with van der Waals surface area (Å²) in [5.74, 6) is -0.666. The third-order valence-corrected chi connectivity index (χ3v) is 4.08. The van der Waals surface area contributed by atoms with E-state index in [0.29, 0.717) is 26.3 Å². The number of nitrogens with zero attached hydrogens (tertiary/aromatic N) is 2. The minimum atomic E-state index is -4.63. The van der Waals surface area contributed by atoms with Gasteiger partial charge < -0.3 is 15.4 Å². The van der Waals surface area contributed by atoms with Crippen molar-refractivity contribution in [2.24, 2.45) is 0 Å². The first-order valence-electron chi connectivity index (χ1n) is 8.13. The molecule has 146 valence electrons. The summed E-state index contributed by atoms with van der Waals surface area (Å²) in [5, 5.41) is 14.0. The monoisotopic (exact) mass is 402 g/mol. The third kappa shape index (κ3) is 6.43. The lowest BCUT2D eigenvalue weighted by atomic mass is 10.1. The predicted octanol–water partition coefficient (Wildman–Crippen LogP) is 2.63. The quantitative estimate of drug-likeness (QED) is 0.565. The van der Waals surface area contributed by atoms with Gasteiger partial charge in [0.15, 0.2) is 0 Å². The van der Waals surface area contributed by atoms with Crippen LogP contribution >= 0.6 is 11.6 Å². The number of hydrogen-bond acceptors (Lipinski definition) is 5. The van der Waals surface area contributed by atoms with Gasteiger partial charge in [-0.15, -0.1) is 0 Å². The first-order valence-corrected chi connectivity index (χ1v) is 8.51. The molecule has 1 aliphatic heterocycles. The van der Waals surface area contributed by atoms with Crippen LogP contribution in [-0.2, 0) is 15.7 Å². The van der Waals surface area contributed by atoms with E-state index in [1.807, 2.05) is 0 Å². The van der Waals surface area contributed by atoms with E-state index in [-0.39, 0.29) is 16.3 Å². The molecule has 0 atom stereocenters. The molecular formula is C17H18ClF3N4O2. The van der Waals surface area contributed by atoms with Crippen LogP contribution in [0.15, 0.2) is 30.0 Å². The lowest BCUT2D eigenvalue weighted by Crippen LogP contribution is -2.41. The Morgan fingerprint density at radius 2 is 2.07 bits per heavy atom. The molecule has 1 aromatic rings. The number of ether oxygens (including phenoxy) is 1. The Bertz CT molecular complexity index is 741. The second-order valence-electron chi connectivity index (χ2n) is 5.71. The summed E-state index contributed by atoms with van der Waals surface area (Å²) in [6.07, 6.45) is -3.68. The molecule has 2 rings (SSSR count). The molecule has 0 saturated carbocycles. The van der Waals surface area contributed by atoms with E-state index in [0.717, 1.165) is 31.4 Å². The number of halogens is 4. The van der Waals surface area contributed by atoms with Crippen LogP contribution in [0.25, 0.3) is 0 Å². The Morgan fingerprint density at radius 3 is 2.70 bits per heavy atom. The van der Waals surface area contributed by atoms with Gasteiger partial charge in [0, 0.05) is 37.4 Å². The van der Waals surface area contributed by atoms with Crippen LogP contribution in [0, 0.1) is 11.3 Å². The number of rotatable bonds is 6. The average molecular weight is 403 g/mol. The van der Waals surface area contributed by atoms with Crippen LogP contribution in [0.4, 0.5) is 18.9 Å². The maximum absolute atomic E-state index is 13.1. The molecule has 0 spiro atoms. The number of anilines is 1. The number of carbonyl (C=O) groups is 1. The maximum atomic E-state index is 13.1. The number of nitriles is 1. The highest BCUT2D eigenvalue weighted by Crippen LogP contribution is 2.36. The molecule has 1 aliphatic rings. The number of amides is 1. The smallest absolute Gasteiger partial charge is 0.379 e. The Kier molecular flexibility index (Phi) is 7.47. The Labute approximate surface area is 159 Å². The van der Waals surface area contributed by atoms with E-state index in [1.165, 1.54) is 6.07 Å². The summed E-state index contributed by atoms with van der Waals surface area (Å²) in [6.45, 7) is 3.68. The fraction of sp³-hybridized carbons (Fsp3) is 0.412. The van der Waals surface area contributed by atoms with Gasteiger partial charge in [-0.1, -0.05) is 11.6 Å².